The van der Waals surface area contributed by atoms with E-state index in [1.54, 1.807) is 38.5 Å². The largest absolute Gasteiger partial charge is 0.497 e. The van der Waals surface area contributed by atoms with Gasteiger partial charge in [-0.05, 0) is 30.7 Å². The molecule has 0 atom stereocenters. The zero-order valence-corrected chi connectivity index (χ0v) is 10.2. The molecule has 0 unspecified atom stereocenters. The van der Waals surface area contributed by atoms with Gasteiger partial charge in [0.25, 0.3) is 0 Å². The second kappa shape index (κ2) is 7.51. The summed E-state index contributed by atoms with van der Waals surface area (Å²) >= 11 is 0. The smallest absolute Gasteiger partial charge is 0.319 e. The summed E-state index contributed by atoms with van der Waals surface area (Å²) in [6, 6.07) is 6.94. The Balaban J connectivity index is 2.29. The van der Waals surface area contributed by atoms with Gasteiger partial charge in [-0.15, -0.1) is 0 Å². The Bertz CT molecular complexity index is 338. The van der Waals surface area contributed by atoms with Crippen molar-refractivity contribution in [2.24, 2.45) is 0 Å². The van der Waals surface area contributed by atoms with Crippen LogP contribution in [0, 0.1) is 0 Å². The van der Waals surface area contributed by atoms with Gasteiger partial charge in [-0.3, -0.25) is 0 Å². The number of urea groups is 1. The average Bonchev–Trinajstić information content (AvgIpc) is 2.36. The highest BCUT2D eigenvalue weighted by atomic mass is 16.5. The summed E-state index contributed by atoms with van der Waals surface area (Å²) in [5.74, 6) is 0.760. The van der Waals surface area contributed by atoms with Crippen molar-refractivity contribution in [3.8, 4) is 5.75 Å². The molecule has 0 saturated heterocycles. The lowest BCUT2D eigenvalue weighted by Gasteiger charge is -2.07. The molecule has 5 nitrogen and oxygen atoms in total. The molecule has 2 N–H and O–H groups in total. The zero-order valence-electron chi connectivity index (χ0n) is 10.2. The molecule has 5 heteroatoms. The molecular weight excluding hydrogens is 220 g/mol. The Morgan fingerprint density at radius 1 is 1.24 bits per heavy atom. The minimum atomic E-state index is -0.216. The van der Waals surface area contributed by atoms with Gasteiger partial charge in [-0.2, -0.15) is 0 Å². The monoisotopic (exact) mass is 238 g/mol. The highest BCUT2D eigenvalue weighted by molar-refractivity contribution is 5.89. The minimum absolute atomic E-state index is 0.216. The van der Waals surface area contributed by atoms with Gasteiger partial charge in [0, 0.05) is 25.9 Å². The van der Waals surface area contributed by atoms with Crippen molar-refractivity contribution < 1.29 is 14.3 Å². The second-order valence-electron chi connectivity index (χ2n) is 3.46. The van der Waals surface area contributed by atoms with Crippen LogP contribution in [-0.2, 0) is 4.74 Å². The number of hydrogen-bond acceptors (Lipinski definition) is 3. The molecule has 2 amide bonds. The van der Waals surface area contributed by atoms with E-state index in [0.29, 0.717) is 13.2 Å². The van der Waals surface area contributed by atoms with Crippen LogP contribution in [0.15, 0.2) is 24.3 Å². The summed E-state index contributed by atoms with van der Waals surface area (Å²) in [7, 11) is 3.24. The van der Waals surface area contributed by atoms with E-state index >= 15 is 0 Å². The number of methoxy groups -OCH3 is 2. The van der Waals surface area contributed by atoms with Gasteiger partial charge >= 0.3 is 6.03 Å². The zero-order chi connectivity index (χ0) is 12.5. The lowest BCUT2D eigenvalue weighted by atomic mass is 10.3. The highest BCUT2D eigenvalue weighted by Crippen LogP contribution is 2.14. The summed E-state index contributed by atoms with van der Waals surface area (Å²) in [6.07, 6.45) is 0.798. The van der Waals surface area contributed by atoms with Gasteiger partial charge in [0.2, 0.25) is 0 Å². The van der Waals surface area contributed by atoms with Gasteiger partial charge in [0.15, 0.2) is 0 Å². The Morgan fingerprint density at radius 2 is 1.94 bits per heavy atom. The summed E-state index contributed by atoms with van der Waals surface area (Å²) in [6.45, 7) is 1.23. The van der Waals surface area contributed by atoms with Crippen LogP contribution in [0.1, 0.15) is 6.42 Å². The molecule has 0 aliphatic rings. The lowest BCUT2D eigenvalue weighted by molar-refractivity contribution is 0.194. The van der Waals surface area contributed by atoms with E-state index in [2.05, 4.69) is 10.6 Å². The third kappa shape index (κ3) is 5.21. The van der Waals surface area contributed by atoms with Crippen LogP contribution < -0.4 is 15.4 Å². The third-order valence-electron chi connectivity index (χ3n) is 2.16. The molecule has 0 bridgehead atoms. The van der Waals surface area contributed by atoms with Crippen LogP contribution >= 0.6 is 0 Å². The van der Waals surface area contributed by atoms with Gasteiger partial charge in [-0.1, -0.05) is 0 Å². The van der Waals surface area contributed by atoms with Crippen molar-refractivity contribution in [1.82, 2.24) is 5.32 Å². The summed E-state index contributed by atoms with van der Waals surface area (Å²) in [5, 5.41) is 5.46. The van der Waals surface area contributed by atoms with Crippen molar-refractivity contribution in [3.05, 3.63) is 24.3 Å². The van der Waals surface area contributed by atoms with Crippen molar-refractivity contribution in [2.45, 2.75) is 6.42 Å². The van der Waals surface area contributed by atoms with Crippen molar-refractivity contribution in [3.63, 3.8) is 0 Å². The molecule has 1 rings (SSSR count). The summed E-state index contributed by atoms with van der Waals surface area (Å²) in [4.78, 5) is 11.4. The van der Waals surface area contributed by atoms with Gasteiger partial charge < -0.3 is 20.1 Å². The maximum atomic E-state index is 11.4. The average molecular weight is 238 g/mol. The summed E-state index contributed by atoms with van der Waals surface area (Å²) < 4.78 is 9.91. The number of carbonyl (C=O) groups is 1. The topological polar surface area (TPSA) is 59.6 Å². The molecular formula is C12H18N2O3. The molecule has 0 aromatic heterocycles. The normalized spacial score (nSPS) is 9.76. The fourth-order valence-corrected chi connectivity index (χ4v) is 1.27. The quantitative estimate of drug-likeness (QED) is 0.744. The van der Waals surface area contributed by atoms with E-state index < -0.39 is 0 Å². The van der Waals surface area contributed by atoms with Crippen LogP contribution in [0.3, 0.4) is 0 Å². The maximum absolute atomic E-state index is 11.4. The Labute approximate surface area is 101 Å². The van der Waals surface area contributed by atoms with Crippen molar-refractivity contribution in [2.75, 3.05) is 32.7 Å². The Morgan fingerprint density at radius 3 is 2.53 bits per heavy atom. The molecule has 1 aromatic carbocycles. The molecule has 0 aliphatic carbocycles. The van der Waals surface area contributed by atoms with Gasteiger partial charge in [0.05, 0.1) is 7.11 Å². The first-order valence-electron chi connectivity index (χ1n) is 5.44. The Kier molecular flexibility index (Phi) is 5.88. The van der Waals surface area contributed by atoms with E-state index in [1.807, 2.05) is 0 Å². The molecule has 0 saturated carbocycles. The molecule has 0 spiro atoms. The first-order valence-corrected chi connectivity index (χ1v) is 5.44. The van der Waals surface area contributed by atoms with Crippen molar-refractivity contribution >= 4 is 11.7 Å². The number of carbonyl (C=O) groups excluding carboxylic acids is 1. The van der Waals surface area contributed by atoms with E-state index in [9.17, 15) is 4.79 Å². The number of nitrogens with one attached hydrogen (secondary N) is 2. The number of rotatable bonds is 6. The summed E-state index contributed by atoms with van der Waals surface area (Å²) in [5.41, 5.74) is 0.732. The SMILES string of the molecule is COCCCNC(=O)Nc1ccc(OC)cc1. The lowest BCUT2D eigenvalue weighted by Crippen LogP contribution is -2.29. The minimum Gasteiger partial charge on any atom is -0.497 e. The molecule has 0 heterocycles. The first-order chi connectivity index (χ1) is 8.26. The molecule has 0 aliphatic heterocycles. The fourth-order valence-electron chi connectivity index (χ4n) is 1.27. The van der Waals surface area contributed by atoms with Crippen molar-refractivity contribution in [1.29, 1.82) is 0 Å². The highest BCUT2D eigenvalue weighted by Gasteiger charge is 2.00. The number of benzene rings is 1. The van der Waals surface area contributed by atoms with Crippen LogP contribution in [0.25, 0.3) is 0 Å². The molecule has 0 fully saturated rings. The predicted octanol–water partition coefficient (Wildman–Crippen LogP) is 1.85. The number of ether oxygens (including phenoxy) is 2. The number of anilines is 1. The van der Waals surface area contributed by atoms with Crippen LogP contribution in [0.5, 0.6) is 5.75 Å². The number of hydrogen-bond donors (Lipinski definition) is 2. The van der Waals surface area contributed by atoms with E-state index in [0.717, 1.165) is 17.9 Å². The van der Waals surface area contributed by atoms with Crippen LogP contribution in [0.2, 0.25) is 0 Å². The predicted molar refractivity (Wildman–Crippen MR) is 66.5 cm³/mol. The maximum Gasteiger partial charge on any atom is 0.319 e. The van der Waals surface area contributed by atoms with Crippen LogP contribution in [-0.4, -0.2) is 33.4 Å². The molecule has 0 radical (unpaired) electrons. The van der Waals surface area contributed by atoms with E-state index in [4.69, 9.17) is 9.47 Å². The third-order valence-corrected chi connectivity index (χ3v) is 2.16. The Hall–Kier alpha value is -1.75. The van der Waals surface area contributed by atoms with E-state index in [-0.39, 0.29) is 6.03 Å². The van der Waals surface area contributed by atoms with Crippen LogP contribution in [0.4, 0.5) is 10.5 Å². The second-order valence-corrected chi connectivity index (χ2v) is 3.46. The van der Waals surface area contributed by atoms with E-state index in [1.165, 1.54) is 0 Å². The molecule has 17 heavy (non-hydrogen) atoms. The van der Waals surface area contributed by atoms with Gasteiger partial charge in [0.1, 0.15) is 5.75 Å². The molecule has 1 aromatic rings. The fraction of sp³-hybridized carbons (Fsp3) is 0.417. The molecule has 94 valence electrons. The van der Waals surface area contributed by atoms with Gasteiger partial charge in [-0.25, -0.2) is 4.79 Å². The first kappa shape index (κ1) is 13.3. The standard InChI is InChI=1S/C12H18N2O3/c1-16-9-3-8-13-12(15)14-10-4-6-11(17-2)7-5-10/h4-7H,3,8-9H2,1-2H3,(H2,13,14,15). The number of amides is 2.